The molecule has 1 amide bonds. The van der Waals surface area contributed by atoms with E-state index < -0.39 is 12.2 Å². The molecule has 2 heterocycles. The SMILES string of the molecule is CNC(=O)c1[nH]c2ccc(C)nc2c1[C@@H](C)CCC(=O)C(F)F. The standard InChI is InChI=1S/C16H19F2N3O2/c1-8(4-7-11(22)15(17)18)12-13-10(6-5-9(2)20-13)21-14(12)16(23)19-3/h5-6,8,15,21H,4,7H2,1-3H3,(H,19,23)/t8-/m0/s1. The number of rotatable bonds is 6. The number of pyridine rings is 1. The van der Waals surface area contributed by atoms with Gasteiger partial charge in [0.2, 0.25) is 0 Å². The van der Waals surface area contributed by atoms with E-state index >= 15 is 0 Å². The quantitative estimate of drug-likeness (QED) is 0.858. The van der Waals surface area contributed by atoms with Crippen LogP contribution in [0.1, 0.15) is 47.4 Å². The number of carbonyl (C=O) groups is 2. The number of fused-ring (bicyclic) bond motifs is 1. The summed E-state index contributed by atoms with van der Waals surface area (Å²) in [7, 11) is 1.52. The van der Waals surface area contributed by atoms with Gasteiger partial charge >= 0.3 is 0 Å². The van der Waals surface area contributed by atoms with Gasteiger partial charge in [0.25, 0.3) is 12.3 Å². The summed E-state index contributed by atoms with van der Waals surface area (Å²) in [6.07, 6.45) is -2.95. The summed E-state index contributed by atoms with van der Waals surface area (Å²) in [5, 5.41) is 2.55. The predicted molar refractivity (Wildman–Crippen MR) is 82.9 cm³/mol. The van der Waals surface area contributed by atoms with Crippen LogP contribution in [0.3, 0.4) is 0 Å². The zero-order valence-corrected chi connectivity index (χ0v) is 13.2. The topological polar surface area (TPSA) is 74.8 Å². The number of halogens is 2. The van der Waals surface area contributed by atoms with Crippen molar-refractivity contribution in [2.24, 2.45) is 0 Å². The third-order valence-electron chi connectivity index (χ3n) is 3.83. The Bertz CT molecular complexity index is 740. The minimum absolute atomic E-state index is 0.232. The number of hydrogen-bond donors (Lipinski definition) is 2. The first-order valence-electron chi connectivity index (χ1n) is 7.37. The molecule has 0 aliphatic carbocycles. The molecule has 0 radical (unpaired) electrons. The van der Waals surface area contributed by atoms with Crippen molar-refractivity contribution in [3.05, 3.63) is 29.1 Å². The molecule has 124 valence electrons. The highest BCUT2D eigenvalue weighted by Crippen LogP contribution is 2.31. The highest BCUT2D eigenvalue weighted by molar-refractivity contribution is 6.00. The van der Waals surface area contributed by atoms with Crippen molar-refractivity contribution in [2.75, 3.05) is 7.05 Å². The zero-order chi connectivity index (χ0) is 17.1. The molecule has 5 nitrogen and oxygen atoms in total. The Morgan fingerprint density at radius 2 is 2.04 bits per heavy atom. The van der Waals surface area contributed by atoms with Crippen LogP contribution < -0.4 is 5.32 Å². The Morgan fingerprint density at radius 1 is 1.35 bits per heavy atom. The highest BCUT2D eigenvalue weighted by atomic mass is 19.3. The number of Topliss-reactive ketones (excluding diaryl/α,β-unsaturated/α-hetero) is 1. The number of nitrogens with one attached hydrogen (secondary N) is 2. The molecule has 2 rings (SSSR count). The van der Waals surface area contributed by atoms with Crippen LogP contribution >= 0.6 is 0 Å². The summed E-state index contributed by atoms with van der Waals surface area (Å²) < 4.78 is 24.7. The number of H-pyrrole nitrogens is 1. The van der Waals surface area contributed by atoms with E-state index in [1.165, 1.54) is 7.05 Å². The molecule has 7 heteroatoms. The molecule has 2 aromatic rings. The molecule has 0 fully saturated rings. The third-order valence-corrected chi connectivity index (χ3v) is 3.83. The van der Waals surface area contributed by atoms with Crippen LogP contribution in [-0.2, 0) is 4.79 Å². The Balaban J connectivity index is 2.41. The second-order valence-electron chi connectivity index (χ2n) is 5.55. The monoisotopic (exact) mass is 323 g/mol. The van der Waals surface area contributed by atoms with Gasteiger partial charge in [-0.2, -0.15) is 0 Å². The molecule has 2 N–H and O–H groups in total. The van der Waals surface area contributed by atoms with Gasteiger partial charge in [-0.1, -0.05) is 6.92 Å². The average molecular weight is 323 g/mol. The maximum atomic E-state index is 12.4. The van der Waals surface area contributed by atoms with Gasteiger partial charge in [0.05, 0.1) is 11.0 Å². The van der Waals surface area contributed by atoms with Crippen LogP contribution in [0, 0.1) is 6.92 Å². The Morgan fingerprint density at radius 3 is 2.65 bits per heavy atom. The van der Waals surface area contributed by atoms with Crippen molar-refractivity contribution in [3.63, 3.8) is 0 Å². The van der Waals surface area contributed by atoms with Crippen molar-refractivity contribution < 1.29 is 18.4 Å². The van der Waals surface area contributed by atoms with E-state index in [4.69, 9.17) is 0 Å². The minimum Gasteiger partial charge on any atom is -0.354 e. The summed E-state index contributed by atoms with van der Waals surface area (Å²) in [5.74, 6) is -1.64. The van der Waals surface area contributed by atoms with E-state index in [0.717, 1.165) is 5.69 Å². The van der Waals surface area contributed by atoms with E-state index in [1.807, 2.05) is 19.1 Å². The number of aryl methyl sites for hydroxylation is 1. The molecule has 0 unspecified atom stereocenters. The number of alkyl halides is 2. The lowest BCUT2D eigenvalue weighted by Gasteiger charge is -2.12. The Labute approximate surface area is 132 Å². The molecule has 0 aromatic carbocycles. The van der Waals surface area contributed by atoms with Crippen LogP contribution in [0.15, 0.2) is 12.1 Å². The van der Waals surface area contributed by atoms with E-state index in [1.54, 1.807) is 6.92 Å². The van der Waals surface area contributed by atoms with E-state index in [9.17, 15) is 18.4 Å². The molecule has 0 saturated heterocycles. The predicted octanol–water partition coefficient (Wildman–Crippen LogP) is 2.95. The number of ketones is 1. The lowest BCUT2D eigenvalue weighted by atomic mass is 9.93. The Kier molecular flexibility index (Phi) is 5.08. The van der Waals surface area contributed by atoms with Gasteiger partial charge in [-0.3, -0.25) is 14.6 Å². The van der Waals surface area contributed by atoms with Gasteiger partial charge in [-0.15, -0.1) is 0 Å². The van der Waals surface area contributed by atoms with Gasteiger partial charge in [0.1, 0.15) is 5.69 Å². The molecule has 0 spiro atoms. The first kappa shape index (κ1) is 17.1. The van der Waals surface area contributed by atoms with Crippen molar-refractivity contribution in [1.82, 2.24) is 15.3 Å². The van der Waals surface area contributed by atoms with Crippen LogP contribution in [-0.4, -0.2) is 35.1 Å². The third kappa shape index (κ3) is 3.55. The smallest absolute Gasteiger partial charge is 0.295 e. The van der Waals surface area contributed by atoms with Crippen molar-refractivity contribution in [1.29, 1.82) is 0 Å². The van der Waals surface area contributed by atoms with Gasteiger partial charge < -0.3 is 10.3 Å². The zero-order valence-electron chi connectivity index (χ0n) is 13.2. The second kappa shape index (κ2) is 6.85. The summed E-state index contributed by atoms with van der Waals surface area (Å²) in [4.78, 5) is 30.7. The summed E-state index contributed by atoms with van der Waals surface area (Å²) in [6, 6.07) is 3.64. The van der Waals surface area contributed by atoms with Gasteiger partial charge in [-0.25, -0.2) is 8.78 Å². The molecular weight excluding hydrogens is 304 g/mol. The number of carbonyl (C=O) groups excluding carboxylic acids is 2. The average Bonchev–Trinajstić information content (AvgIpc) is 2.89. The number of aromatic nitrogens is 2. The van der Waals surface area contributed by atoms with Crippen LogP contribution in [0.4, 0.5) is 8.78 Å². The molecule has 1 atom stereocenters. The highest BCUT2D eigenvalue weighted by Gasteiger charge is 2.24. The number of nitrogens with zero attached hydrogens (tertiary/aromatic N) is 1. The van der Waals surface area contributed by atoms with Crippen molar-refractivity contribution in [2.45, 2.75) is 39.0 Å². The number of aromatic amines is 1. The first-order valence-corrected chi connectivity index (χ1v) is 7.37. The van der Waals surface area contributed by atoms with Crippen molar-refractivity contribution >= 4 is 22.7 Å². The molecule has 0 aliphatic heterocycles. The van der Waals surface area contributed by atoms with Gasteiger partial charge in [0, 0.05) is 24.7 Å². The maximum absolute atomic E-state index is 12.4. The fourth-order valence-electron chi connectivity index (χ4n) is 2.58. The molecule has 0 aliphatic rings. The summed E-state index contributed by atoms with van der Waals surface area (Å²) in [6.45, 7) is 3.64. The van der Waals surface area contributed by atoms with Crippen LogP contribution in [0.25, 0.3) is 11.0 Å². The van der Waals surface area contributed by atoms with Gasteiger partial charge in [0.15, 0.2) is 5.78 Å². The van der Waals surface area contributed by atoms with E-state index in [0.29, 0.717) is 22.3 Å². The lowest BCUT2D eigenvalue weighted by Crippen LogP contribution is -2.20. The summed E-state index contributed by atoms with van der Waals surface area (Å²) >= 11 is 0. The van der Waals surface area contributed by atoms with Gasteiger partial charge in [-0.05, 0) is 31.4 Å². The summed E-state index contributed by atoms with van der Waals surface area (Å²) in [5.41, 5.74) is 3.15. The van der Waals surface area contributed by atoms with E-state index in [-0.39, 0.29) is 24.7 Å². The lowest BCUT2D eigenvalue weighted by molar-refractivity contribution is -0.129. The largest absolute Gasteiger partial charge is 0.354 e. The van der Waals surface area contributed by atoms with Crippen LogP contribution in [0.5, 0.6) is 0 Å². The molecule has 23 heavy (non-hydrogen) atoms. The molecule has 0 bridgehead atoms. The fraction of sp³-hybridized carbons (Fsp3) is 0.438. The molecular formula is C16H19F2N3O2. The van der Waals surface area contributed by atoms with Crippen LogP contribution in [0.2, 0.25) is 0 Å². The van der Waals surface area contributed by atoms with Crippen molar-refractivity contribution in [3.8, 4) is 0 Å². The molecule has 2 aromatic heterocycles. The maximum Gasteiger partial charge on any atom is 0.295 e. The van der Waals surface area contributed by atoms with E-state index in [2.05, 4.69) is 15.3 Å². The normalized spacial score (nSPS) is 12.6. The minimum atomic E-state index is -2.95. The molecule has 0 saturated carbocycles. The Hall–Kier alpha value is -2.31. The second-order valence-corrected chi connectivity index (χ2v) is 5.55. The number of amides is 1. The first-order chi connectivity index (χ1) is 10.8. The number of hydrogen-bond acceptors (Lipinski definition) is 3. The fourth-order valence-corrected chi connectivity index (χ4v) is 2.58.